The molecule has 10 nitrogen and oxygen atoms in total. The quantitative estimate of drug-likeness (QED) is 0.597. The van der Waals surface area contributed by atoms with Gasteiger partial charge < -0.3 is 16.0 Å². The van der Waals surface area contributed by atoms with Gasteiger partial charge in [0.05, 0.1) is 12.1 Å². The number of piperidine rings is 1. The Kier molecular flexibility index (Phi) is 5.47. The number of nitrogens with zero attached hydrogens (tertiary/aromatic N) is 6. The normalized spacial score (nSPS) is 15.4. The number of hydrogen-bond acceptors (Lipinski definition) is 8. The molecule has 1 saturated heterocycles. The third kappa shape index (κ3) is 4.57. The van der Waals surface area contributed by atoms with Crippen molar-refractivity contribution in [3.8, 4) is 0 Å². The highest BCUT2D eigenvalue weighted by Crippen LogP contribution is 2.29. The first-order chi connectivity index (χ1) is 14.7. The summed E-state index contributed by atoms with van der Waals surface area (Å²) >= 11 is 1.21. The summed E-state index contributed by atoms with van der Waals surface area (Å²) in [6.45, 7) is 0.899. The SMILES string of the molecule is NC(=O)Cc1csc(NC(=O)C2CCN(c3ccc4nnc(C(F)(F)F)n4n3)CC2)n1. The van der Waals surface area contributed by atoms with E-state index in [-0.39, 0.29) is 23.9 Å². The van der Waals surface area contributed by atoms with Crippen LogP contribution in [0.1, 0.15) is 24.4 Å². The van der Waals surface area contributed by atoms with E-state index in [0.717, 1.165) is 0 Å². The fraction of sp³-hybridized carbons (Fsp3) is 0.412. The molecular formula is C17H17F3N8O2S. The van der Waals surface area contributed by atoms with Gasteiger partial charge in [0, 0.05) is 24.4 Å². The molecular weight excluding hydrogens is 437 g/mol. The number of halogens is 3. The average molecular weight is 454 g/mol. The molecule has 0 atom stereocenters. The van der Waals surface area contributed by atoms with Crippen LogP contribution in [-0.4, -0.2) is 49.7 Å². The molecule has 4 rings (SSSR count). The number of nitrogens with one attached hydrogen (secondary N) is 1. The van der Waals surface area contributed by atoms with E-state index in [1.807, 2.05) is 4.90 Å². The molecule has 31 heavy (non-hydrogen) atoms. The van der Waals surface area contributed by atoms with E-state index >= 15 is 0 Å². The minimum Gasteiger partial charge on any atom is -0.369 e. The van der Waals surface area contributed by atoms with Crippen LogP contribution in [0, 0.1) is 5.92 Å². The lowest BCUT2D eigenvalue weighted by atomic mass is 9.96. The van der Waals surface area contributed by atoms with Crippen molar-refractivity contribution < 1.29 is 22.8 Å². The molecule has 1 aliphatic heterocycles. The van der Waals surface area contributed by atoms with Crippen molar-refractivity contribution in [2.75, 3.05) is 23.3 Å². The zero-order valence-electron chi connectivity index (χ0n) is 16.0. The van der Waals surface area contributed by atoms with Gasteiger partial charge in [-0.3, -0.25) is 9.59 Å². The fourth-order valence-corrected chi connectivity index (χ4v) is 4.04. The van der Waals surface area contributed by atoms with E-state index in [1.54, 1.807) is 11.4 Å². The van der Waals surface area contributed by atoms with Crippen LogP contribution in [0.25, 0.3) is 5.65 Å². The number of rotatable bonds is 5. The second kappa shape index (κ2) is 8.09. The second-order valence-electron chi connectivity index (χ2n) is 7.02. The van der Waals surface area contributed by atoms with Crippen molar-refractivity contribution in [2.45, 2.75) is 25.4 Å². The minimum atomic E-state index is -4.66. The Morgan fingerprint density at radius 1 is 1.23 bits per heavy atom. The number of nitrogens with two attached hydrogens (primary N) is 1. The van der Waals surface area contributed by atoms with E-state index < -0.39 is 17.9 Å². The Morgan fingerprint density at radius 3 is 2.65 bits per heavy atom. The molecule has 4 heterocycles. The summed E-state index contributed by atoms with van der Waals surface area (Å²) in [5.41, 5.74) is 5.63. The zero-order valence-corrected chi connectivity index (χ0v) is 16.8. The van der Waals surface area contributed by atoms with Gasteiger partial charge in [-0.2, -0.15) is 17.7 Å². The molecule has 14 heteroatoms. The van der Waals surface area contributed by atoms with Crippen molar-refractivity contribution in [1.29, 1.82) is 0 Å². The lowest BCUT2D eigenvalue weighted by molar-refractivity contribution is -0.146. The number of thiazole rings is 1. The maximum Gasteiger partial charge on any atom is 0.453 e. The largest absolute Gasteiger partial charge is 0.453 e. The first-order valence-electron chi connectivity index (χ1n) is 9.29. The number of primary amides is 1. The number of carbonyl (C=O) groups is 2. The number of aromatic nitrogens is 5. The summed E-state index contributed by atoms with van der Waals surface area (Å²) in [6, 6.07) is 3.01. The molecule has 2 amide bonds. The topological polar surface area (TPSA) is 131 Å². The Labute approximate surface area is 177 Å². The zero-order chi connectivity index (χ0) is 22.2. The van der Waals surface area contributed by atoms with Crippen molar-refractivity contribution in [3.63, 3.8) is 0 Å². The molecule has 0 aliphatic carbocycles. The summed E-state index contributed by atoms with van der Waals surface area (Å²) in [5, 5.41) is 15.5. The summed E-state index contributed by atoms with van der Waals surface area (Å²) in [7, 11) is 0. The van der Waals surface area contributed by atoms with E-state index in [9.17, 15) is 22.8 Å². The standard InChI is InChI=1S/C17H17F3N8O2S/c18-17(19,20)15-25-24-12-1-2-13(26-28(12)15)27-5-3-9(4-6-27)14(30)23-16-22-10(8-31-16)7-11(21)29/h1-2,8-9H,3-7H2,(H2,21,29)(H,22,23,30). The van der Waals surface area contributed by atoms with Gasteiger partial charge in [-0.05, 0) is 25.0 Å². The van der Waals surface area contributed by atoms with Crippen LogP contribution >= 0.6 is 11.3 Å². The third-order valence-electron chi connectivity index (χ3n) is 4.83. The first kappa shape index (κ1) is 21.0. The van der Waals surface area contributed by atoms with Gasteiger partial charge in [-0.1, -0.05) is 0 Å². The van der Waals surface area contributed by atoms with Crippen molar-refractivity contribution in [1.82, 2.24) is 24.8 Å². The molecule has 0 bridgehead atoms. The van der Waals surface area contributed by atoms with Crippen molar-refractivity contribution >= 4 is 39.7 Å². The molecule has 1 fully saturated rings. The van der Waals surface area contributed by atoms with Gasteiger partial charge in [-0.15, -0.1) is 26.6 Å². The Morgan fingerprint density at radius 2 is 1.97 bits per heavy atom. The van der Waals surface area contributed by atoms with Gasteiger partial charge in [0.25, 0.3) is 5.82 Å². The monoisotopic (exact) mass is 454 g/mol. The highest BCUT2D eigenvalue weighted by Gasteiger charge is 2.38. The predicted molar refractivity (Wildman–Crippen MR) is 104 cm³/mol. The van der Waals surface area contributed by atoms with Crippen LogP contribution in [0.5, 0.6) is 0 Å². The van der Waals surface area contributed by atoms with Crippen LogP contribution < -0.4 is 16.0 Å². The van der Waals surface area contributed by atoms with Crippen LogP contribution in [0.2, 0.25) is 0 Å². The number of amides is 2. The Balaban J connectivity index is 1.38. The smallest absolute Gasteiger partial charge is 0.369 e. The number of anilines is 2. The van der Waals surface area contributed by atoms with E-state index in [2.05, 4.69) is 25.6 Å². The maximum absolute atomic E-state index is 13.1. The summed E-state index contributed by atoms with van der Waals surface area (Å²) in [4.78, 5) is 29.4. The molecule has 3 N–H and O–H groups in total. The average Bonchev–Trinajstić information content (AvgIpc) is 3.33. The van der Waals surface area contributed by atoms with Crippen LogP contribution in [-0.2, 0) is 22.2 Å². The van der Waals surface area contributed by atoms with Gasteiger partial charge >= 0.3 is 6.18 Å². The predicted octanol–water partition coefficient (Wildman–Crippen LogP) is 1.48. The Bertz CT molecular complexity index is 1120. The van der Waals surface area contributed by atoms with E-state index in [4.69, 9.17) is 5.73 Å². The third-order valence-corrected chi connectivity index (χ3v) is 5.64. The number of carbonyl (C=O) groups excluding carboxylic acids is 2. The van der Waals surface area contributed by atoms with Crippen LogP contribution in [0.15, 0.2) is 17.5 Å². The Hall–Kier alpha value is -3.29. The second-order valence-corrected chi connectivity index (χ2v) is 7.88. The highest BCUT2D eigenvalue weighted by molar-refractivity contribution is 7.13. The van der Waals surface area contributed by atoms with Crippen molar-refractivity contribution in [3.05, 3.63) is 29.0 Å². The lowest BCUT2D eigenvalue weighted by Crippen LogP contribution is -2.38. The summed E-state index contributed by atoms with van der Waals surface area (Å²) in [5.74, 6) is -1.80. The molecule has 3 aromatic heterocycles. The minimum absolute atomic E-state index is 0.00416. The molecule has 0 spiro atoms. The molecule has 0 radical (unpaired) electrons. The number of alkyl halides is 3. The van der Waals surface area contributed by atoms with Crippen molar-refractivity contribution in [2.24, 2.45) is 11.7 Å². The maximum atomic E-state index is 13.1. The van der Waals surface area contributed by atoms with Gasteiger partial charge in [0.1, 0.15) is 5.82 Å². The van der Waals surface area contributed by atoms with Crippen LogP contribution in [0.4, 0.5) is 24.1 Å². The molecule has 0 unspecified atom stereocenters. The molecule has 164 valence electrons. The fourth-order valence-electron chi connectivity index (χ4n) is 3.33. The summed E-state index contributed by atoms with van der Waals surface area (Å²) < 4.78 is 39.9. The molecule has 3 aromatic rings. The van der Waals surface area contributed by atoms with E-state index in [0.29, 0.717) is 47.1 Å². The first-order valence-corrected chi connectivity index (χ1v) is 10.2. The van der Waals surface area contributed by atoms with E-state index in [1.165, 1.54) is 17.4 Å². The molecule has 0 aromatic carbocycles. The number of fused-ring (bicyclic) bond motifs is 1. The van der Waals surface area contributed by atoms with Crippen LogP contribution in [0.3, 0.4) is 0 Å². The van der Waals surface area contributed by atoms with Gasteiger partial charge in [0.2, 0.25) is 11.8 Å². The highest BCUT2D eigenvalue weighted by atomic mass is 32.1. The van der Waals surface area contributed by atoms with Gasteiger partial charge in [-0.25, -0.2) is 4.98 Å². The molecule has 0 saturated carbocycles. The molecule has 1 aliphatic rings. The number of hydrogen-bond donors (Lipinski definition) is 2. The van der Waals surface area contributed by atoms with Gasteiger partial charge in [0.15, 0.2) is 10.8 Å². The lowest BCUT2D eigenvalue weighted by Gasteiger charge is -2.31. The summed E-state index contributed by atoms with van der Waals surface area (Å²) in [6.07, 6.45) is -3.66.